The molecule has 1 aromatic rings. The van der Waals surface area contributed by atoms with Crippen LogP contribution in [0.1, 0.15) is 19.4 Å². The van der Waals surface area contributed by atoms with Crippen LogP contribution in [0.3, 0.4) is 0 Å². The molecule has 0 heterocycles. The van der Waals surface area contributed by atoms with E-state index in [-0.39, 0.29) is 11.2 Å². The van der Waals surface area contributed by atoms with Gasteiger partial charge in [-0.3, -0.25) is 4.79 Å². The van der Waals surface area contributed by atoms with Crippen molar-refractivity contribution in [2.75, 3.05) is 12.8 Å². The van der Waals surface area contributed by atoms with E-state index in [4.69, 9.17) is 11.6 Å². The molecule has 106 valence electrons. The largest absolute Gasteiger partial charge is 0.392 e. The van der Waals surface area contributed by atoms with Crippen molar-refractivity contribution in [3.63, 3.8) is 0 Å². The quantitative estimate of drug-likeness (QED) is 0.878. The van der Waals surface area contributed by atoms with Crippen LogP contribution in [0.4, 0.5) is 0 Å². The van der Waals surface area contributed by atoms with E-state index in [0.717, 1.165) is 5.56 Å². The molecular weight excluding hydrogens is 282 g/mol. The van der Waals surface area contributed by atoms with E-state index in [1.54, 1.807) is 18.9 Å². The summed E-state index contributed by atoms with van der Waals surface area (Å²) >= 11 is 7.38. The van der Waals surface area contributed by atoms with Gasteiger partial charge in [-0.05, 0) is 24.6 Å². The van der Waals surface area contributed by atoms with Gasteiger partial charge in [-0.15, -0.1) is 11.8 Å². The SMILES string of the molecule is CC(O)C(C)SCC(=O)N(C)Cc1cccc(Cl)c1. The summed E-state index contributed by atoms with van der Waals surface area (Å²) < 4.78 is 0. The van der Waals surface area contributed by atoms with Gasteiger partial charge in [0.25, 0.3) is 0 Å². The number of nitrogens with zero attached hydrogens (tertiary/aromatic N) is 1. The van der Waals surface area contributed by atoms with E-state index in [1.807, 2.05) is 31.2 Å². The first-order chi connectivity index (χ1) is 8.90. The molecule has 0 aliphatic rings. The van der Waals surface area contributed by atoms with Crippen molar-refractivity contribution < 1.29 is 9.90 Å². The Bertz CT molecular complexity index is 426. The molecule has 1 aromatic carbocycles. The van der Waals surface area contributed by atoms with Crippen molar-refractivity contribution >= 4 is 29.3 Å². The zero-order chi connectivity index (χ0) is 14.4. The molecule has 2 unspecified atom stereocenters. The van der Waals surface area contributed by atoms with E-state index in [2.05, 4.69) is 0 Å². The first-order valence-electron chi connectivity index (χ1n) is 6.18. The van der Waals surface area contributed by atoms with Gasteiger partial charge < -0.3 is 10.0 Å². The maximum Gasteiger partial charge on any atom is 0.232 e. The van der Waals surface area contributed by atoms with Gasteiger partial charge in [0.15, 0.2) is 0 Å². The van der Waals surface area contributed by atoms with Crippen LogP contribution in [-0.2, 0) is 11.3 Å². The van der Waals surface area contributed by atoms with Crippen molar-refractivity contribution in [3.8, 4) is 0 Å². The highest BCUT2D eigenvalue weighted by Gasteiger charge is 2.14. The minimum atomic E-state index is -0.406. The Labute approximate surface area is 123 Å². The van der Waals surface area contributed by atoms with E-state index in [1.165, 1.54) is 11.8 Å². The summed E-state index contributed by atoms with van der Waals surface area (Å²) in [5, 5.41) is 10.1. The Hall–Kier alpha value is -0.710. The van der Waals surface area contributed by atoms with Gasteiger partial charge in [0.2, 0.25) is 5.91 Å². The Kier molecular flexibility index (Phi) is 6.69. The first kappa shape index (κ1) is 16.3. The molecule has 1 N–H and O–H groups in total. The summed E-state index contributed by atoms with van der Waals surface area (Å²) in [6.45, 7) is 4.19. The van der Waals surface area contributed by atoms with Crippen LogP contribution in [0.5, 0.6) is 0 Å². The molecule has 19 heavy (non-hydrogen) atoms. The van der Waals surface area contributed by atoms with Gasteiger partial charge in [-0.2, -0.15) is 0 Å². The second-order valence-electron chi connectivity index (χ2n) is 4.64. The first-order valence-corrected chi connectivity index (χ1v) is 7.61. The van der Waals surface area contributed by atoms with E-state index >= 15 is 0 Å². The fourth-order valence-electron chi connectivity index (χ4n) is 1.45. The van der Waals surface area contributed by atoms with Crippen molar-refractivity contribution in [1.29, 1.82) is 0 Å². The standard InChI is InChI=1S/C14H20ClNO2S/c1-10(17)11(2)19-9-14(18)16(3)8-12-5-4-6-13(15)7-12/h4-7,10-11,17H,8-9H2,1-3H3. The maximum atomic E-state index is 11.9. The molecule has 0 aliphatic heterocycles. The molecule has 0 bridgehead atoms. The molecule has 0 saturated carbocycles. The van der Waals surface area contributed by atoms with Crippen LogP contribution in [0.15, 0.2) is 24.3 Å². The third kappa shape index (κ3) is 5.85. The summed E-state index contributed by atoms with van der Waals surface area (Å²) in [6.07, 6.45) is -0.406. The maximum absolute atomic E-state index is 11.9. The predicted molar refractivity (Wildman–Crippen MR) is 81.5 cm³/mol. The van der Waals surface area contributed by atoms with Crippen molar-refractivity contribution in [1.82, 2.24) is 4.90 Å². The fourth-order valence-corrected chi connectivity index (χ4v) is 2.57. The van der Waals surface area contributed by atoms with E-state index in [0.29, 0.717) is 17.3 Å². The normalized spacial score (nSPS) is 13.9. The van der Waals surface area contributed by atoms with Gasteiger partial charge in [0, 0.05) is 23.9 Å². The fraction of sp³-hybridized carbons (Fsp3) is 0.500. The van der Waals surface area contributed by atoms with Crippen LogP contribution in [0.2, 0.25) is 5.02 Å². The second-order valence-corrected chi connectivity index (χ2v) is 6.44. The summed E-state index contributed by atoms with van der Waals surface area (Å²) in [5.74, 6) is 0.431. The summed E-state index contributed by atoms with van der Waals surface area (Å²) in [5.41, 5.74) is 1.01. The molecular formula is C14H20ClNO2S. The number of hydrogen-bond acceptors (Lipinski definition) is 3. The number of carbonyl (C=O) groups is 1. The van der Waals surface area contributed by atoms with Crippen LogP contribution < -0.4 is 0 Å². The highest BCUT2D eigenvalue weighted by molar-refractivity contribution is 8.00. The number of benzene rings is 1. The van der Waals surface area contributed by atoms with Gasteiger partial charge >= 0.3 is 0 Å². The minimum absolute atomic E-state index is 0.0532. The molecule has 0 radical (unpaired) electrons. The lowest BCUT2D eigenvalue weighted by molar-refractivity contribution is -0.127. The summed E-state index contributed by atoms with van der Waals surface area (Å²) in [4.78, 5) is 13.6. The van der Waals surface area contributed by atoms with Crippen LogP contribution in [0, 0.1) is 0 Å². The molecule has 1 amide bonds. The van der Waals surface area contributed by atoms with Crippen molar-refractivity contribution in [2.45, 2.75) is 31.7 Å². The summed E-state index contributed by atoms with van der Waals surface area (Å²) in [7, 11) is 1.77. The number of aliphatic hydroxyl groups excluding tert-OH is 1. The molecule has 2 atom stereocenters. The molecule has 0 aliphatic carbocycles. The van der Waals surface area contributed by atoms with Gasteiger partial charge in [-0.1, -0.05) is 30.7 Å². The number of hydrogen-bond donors (Lipinski definition) is 1. The van der Waals surface area contributed by atoms with E-state index in [9.17, 15) is 9.90 Å². The molecule has 0 saturated heterocycles. The van der Waals surface area contributed by atoms with Gasteiger partial charge in [0.1, 0.15) is 0 Å². The lowest BCUT2D eigenvalue weighted by atomic mass is 10.2. The molecule has 0 aromatic heterocycles. The number of aliphatic hydroxyl groups is 1. The lowest BCUT2D eigenvalue weighted by Crippen LogP contribution is -2.29. The van der Waals surface area contributed by atoms with Crippen molar-refractivity contribution in [2.24, 2.45) is 0 Å². The van der Waals surface area contributed by atoms with Crippen LogP contribution in [0.25, 0.3) is 0 Å². The Morgan fingerprint density at radius 2 is 2.16 bits per heavy atom. The molecule has 0 spiro atoms. The van der Waals surface area contributed by atoms with E-state index < -0.39 is 6.10 Å². The van der Waals surface area contributed by atoms with Gasteiger partial charge in [-0.25, -0.2) is 0 Å². The Morgan fingerprint density at radius 1 is 1.47 bits per heavy atom. The predicted octanol–water partition coefficient (Wildman–Crippen LogP) is 2.80. The lowest BCUT2D eigenvalue weighted by Gasteiger charge is -2.19. The third-order valence-corrected chi connectivity index (χ3v) is 4.45. The topological polar surface area (TPSA) is 40.5 Å². The zero-order valence-electron chi connectivity index (χ0n) is 11.5. The Morgan fingerprint density at radius 3 is 2.74 bits per heavy atom. The average molecular weight is 302 g/mol. The average Bonchev–Trinajstić information content (AvgIpc) is 2.35. The summed E-state index contributed by atoms with van der Waals surface area (Å²) in [6, 6.07) is 7.49. The minimum Gasteiger partial charge on any atom is -0.392 e. The number of carbonyl (C=O) groups excluding carboxylic acids is 1. The molecule has 3 nitrogen and oxygen atoms in total. The second kappa shape index (κ2) is 7.78. The third-order valence-electron chi connectivity index (χ3n) is 2.88. The molecule has 5 heteroatoms. The molecule has 1 rings (SSSR count). The smallest absolute Gasteiger partial charge is 0.232 e. The monoisotopic (exact) mass is 301 g/mol. The number of amides is 1. The highest BCUT2D eigenvalue weighted by Crippen LogP contribution is 2.16. The number of thioether (sulfide) groups is 1. The highest BCUT2D eigenvalue weighted by atomic mass is 35.5. The molecule has 0 fully saturated rings. The number of halogens is 1. The van der Waals surface area contributed by atoms with Gasteiger partial charge in [0.05, 0.1) is 11.9 Å². The number of rotatable bonds is 6. The Balaban J connectivity index is 2.45. The van der Waals surface area contributed by atoms with Crippen molar-refractivity contribution in [3.05, 3.63) is 34.9 Å². The zero-order valence-corrected chi connectivity index (χ0v) is 13.0. The van der Waals surface area contributed by atoms with Crippen LogP contribution in [-0.4, -0.2) is 40.1 Å². The van der Waals surface area contributed by atoms with Crippen LogP contribution >= 0.6 is 23.4 Å².